The number of halogens is 1. The highest BCUT2D eigenvalue weighted by molar-refractivity contribution is 9.10. The molecule has 0 spiro atoms. The topological polar surface area (TPSA) is 29.9 Å². The molecule has 0 radical (unpaired) electrons. The molecule has 0 bridgehead atoms. The minimum Gasteiger partial charge on any atom is -0.336 e. The fourth-order valence-corrected chi connectivity index (χ4v) is 3.36. The lowest BCUT2D eigenvalue weighted by atomic mass is 10.1. The molecule has 2 aromatic rings. The van der Waals surface area contributed by atoms with E-state index in [-0.39, 0.29) is 6.04 Å². The Morgan fingerprint density at radius 1 is 1.53 bits per heavy atom. The molecule has 0 aliphatic carbocycles. The number of aryl methyl sites for hydroxylation is 1. The number of nitrogens with one attached hydrogen (secondary N) is 1. The molecule has 1 N–H and O–H groups in total. The molecule has 3 nitrogen and oxygen atoms in total. The van der Waals surface area contributed by atoms with Crippen LogP contribution in [0.1, 0.15) is 30.6 Å². The Balaban J connectivity index is 2.32. The highest BCUT2D eigenvalue weighted by Crippen LogP contribution is 2.31. The van der Waals surface area contributed by atoms with Crippen LogP contribution in [0.4, 0.5) is 0 Å². The SMILES string of the molecule is CCCNC(c1cscc1Br)c1cncn1C. The highest BCUT2D eigenvalue weighted by Gasteiger charge is 2.19. The quantitative estimate of drug-likeness (QED) is 0.917. The summed E-state index contributed by atoms with van der Waals surface area (Å²) in [6.07, 6.45) is 4.89. The third kappa shape index (κ3) is 2.78. The number of hydrogen-bond donors (Lipinski definition) is 1. The van der Waals surface area contributed by atoms with Gasteiger partial charge in [-0.05, 0) is 39.8 Å². The number of thiophene rings is 1. The zero-order valence-electron chi connectivity index (χ0n) is 9.98. The summed E-state index contributed by atoms with van der Waals surface area (Å²) in [6, 6.07) is 0.211. The Bertz CT molecular complexity index is 437. The molecular weight excluding hydrogens is 298 g/mol. The van der Waals surface area contributed by atoms with Gasteiger partial charge in [-0.15, -0.1) is 0 Å². The fourth-order valence-electron chi connectivity index (χ4n) is 1.81. The van der Waals surface area contributed by atoms with E-state index in [1.165, 1.54) is 11.3 Å². The number of nitrogens with zero attached hydrogens (tertiary/aromatic N) is 2. The van der Waals surface area contributed by atoms with E-state index in [0.717, 1.165) is 17.4 Å². The van der Waals surface area contributed by atoms with E-state index < -0.39 is 0 Å². The second-order valence-electron chi connectivity index (χ2n) is 3.99. The van der Waals surface area contributed by atoms with Crippen LogP contribution in [-0.2, 0) is 7.05 Å². The van der Waals surface area contributed by atoms with Crippen LogP contribution in [0.3, 0.4) is 0 Å². The van der Waals surface area contributed by atoms with Crippen molar-refractivity contribution in [3.8, 4) is 0 Å². The predicted octanol–water partition coefficient (Wildman–Crippen LogP) is 3.33. The molecule has 0 aliphatic heterocycles. The van der Waals surface area contributed by atoms with Crippen molar-refractivity contribution < 1.29 is 0 Å². The maximum Gasteiger partial charge on any atom is 0.0946 e. The van der Waals surface area contributed by atoms with Crippen LogP contribution < -0.4 is 5.32 Å². The van der Waals surface area contributed by atoms with E-state index in [2.05, 4.69) is 48.5 Å². The van der Waals surface area contributed by atoms with Crippen LogP contribution >= 0.6 is 27.3 Å². The monoisotopic (exact) mass is 313 g/mol. The summed E-state index contributed by atoms with van der Waals surface area (Å²) in [5, 5.41) is 7.87. The zero-order valence-corrected chi connectivity index (χ0v) is 12.4. The maximum atomic E-state index is 4.20. The highest BCUT2D eigenvalue weighted by atomic mass is 79.9. The van der Waals surface area contributed by atoms with Crippen LogP contribution in [-0.4, -0.2) is 16.1 Å². The Hall–Kier alpha value is -0.650. The third-order valence-corrected chi connectivity index (χ3v) is 4.45. The number of imidazole rings is 1. The molecule has 1 atom stereocenters. The van der Waals surface area contributed by atoms with E-state index >= 15 is 0 Å². The van der Waals surface area contributed by atoms with Crippen LogP contribution in [0.5, 0.6) is 0 Å². The zero-order chi connectivity index (χ0) is 12.3. The van der Waals surface area contributed by atoms with Gasteiger partial charge in [0.2, 0.25) is 0 Å². The Kier molecular flexibility index (Phi) is 4.36. The first kappa shape index (κ1) is 12.8. The van der Waals surface area contributed by atoms with Gasteiger partial charge in [-0.3, -0.25) is 0 Å². The summed E-state index contributed by atoms with van der Waals surface area (Å²) in [6.45, 7) is 3.17. The molecule has 2 heterocycles. The van der Waals surface area contributed by atoms with Gasteiger partial charge in [0, 0.05) is 16.9 Å². The normalized spacial score (nSPS) is 12.9. The molecule has 5 heteroatoms. The summed E-state index contributed by atoms with van der Waals surface area (Å²) < 4.78 is 3.23. The molecule has 0 saturated carbocycles. The molecule has 1 unspecified atom stereocenters. The minimum atomic E-state index is 0.211. The number of hydrogen-bond acceptors (Lipinski definition) is 3. The molecule has 0 fully saturated rings. The van der Waals surface area contributed by atoms with Gasteiger partial charge >= 0.3 is 0 Å². The molecule has 2 rings (SSSR count). The van der Waals surface area contributed by atoms with Gasteiger partial charge in [0.05, 0.1) is 24.3 Å². The number of rotatable bonds is 5. The van der Waals surface area contributed by atoms with Crippen molar-refractivity contribution in [2.45, 2.75) is 19.4 Å². The lowest BCUT2D eigenvalue weighted by Gasteiger charge is -2.18. The summed E-state index contributed by atoms with van der Waals surface area (Å²) in [7, 11) is 2.03. The average molecular weight is 314 g/mol. The van der Waals surface area contributed by atoms with Crippen molar-refractivity contribution in [2.75, 3.05) is 6.54 Å². The molecule has 0 saturated heterocycles. The molecule has 2 aromatic heterocycles. The Morgan fingerprint density at radius 2 is 2.35 bits per heavy atom. The molecule has 17 heavy (non-hydrogen) atoms. The molecule has 0 aromatic carbocycles. The molecule has 0 amide bonds. The molecular formula is C12H16BrN3S. The van der Waals surface area contributed by atoms with Crippen molar-refractivity contribution in [3.63, 3.8) is 0 Å². The summed E-state index contributed by atoms with van der Waals surface area (Å²) in [4.78, 5) is 4.20. The summed E-state index contributed by atoms with van der Waals surface area (Å²) in [5.41, 5.74) is 2.48. The summed E-state index contributed by atoms with van der Waals surface area (Å²) in [5.74, 6) is 0. The maximum absolute atomic E-state index is 4.20. The van der Waals surface area contributed by atoms with Gasteiger partial charge < -0.3 is 9.88 Å². The van der Waals surface area contributed by atoms with Gasteiger partial charge in [0.1, 0.15) is 0 Å². The van der Waals surface area contributed by atoms with Gasteiger partial charge in [-0.1, -0.05) is 6.92 Å². The second-order valence-corrected chi connectivity index (χ2v) is 5.59. The Morgan fingerprint density at radius 3 is 2.88 bits per heavy atom. The molecule has 0 aliphatic rings. The van der Waals surface area contributed by atoms with Crippen LogP contribution in [0.2, 0.25) is 0 Å². The fraction of sp³-hybridized carbons (Fsp3) is 0.417. The Labute approximate surface area is 114 Å². The van der Waals surface area contributed by atoms with Gasteiger partial charge in [-0.2, -0.15) is 11.3 Å². The van der Waals surface area contributed by atoms with Crippen molar-refractivity contribution in [1.82, 2.24) is 14.9 Å². The second kappa shape index (κ2) is 5.80. The summed E-state index contributed by atoms with van der Waals surface area (Å²) >= 11 is 5.32. The molecule has 92 valence electrons. The van der Waals surface area contributed by atoms with E-state index in [1.54, 1.807) is 11.3 Å². The van der Waals surface area contributed by atoms with Crippen molar-refractivity contribution in [3.05, 3.63) is 39.0 Å². The van der Waals surface area contributed by atoms with Crippen molar-refractivity contribution >= 4 is 27.3 Å². The first-order valence-corrected chi connectivity index (χ1v) is 7.38. The van der Waals surface area contributed by atoms with E-state index in [9.17, 15) is 0 Å². The van der Waals surface area contributed by atoms with Crippen molar-refractivity contribution in [1.29, 1.82) is 0 Å². The first-order valence-electron chi connectivity index (χ1n) is 5.65. The third-order valence-electron chi connectivity index (χ3n) is 2.70. The number of aromatic nitrogens is 2. The van der Waals surface area contributed by atoms with Gasteiger partial charge in [0.15, 0.2) is 0 Å². The van der Waals surface area contributed by atoms with E-state index in [1.807, 2.05) is 19.6 Å². The van der Waals surface area contributed by atoms with E-state index in [0.29, 0.717) is 0 Å². The lowest BCUT2D eigenvalue weighted by Crippen LogP contribution is -2.24. The minimum absolute atomic E-state index is 0.211. The smallest absolute Gasteiger partial charge is 0.0946 e. The van der Waals surface area contributed by atoms with Gasteiger partial charge in [0.25, 0.3) is 0 Å². The van der Waals surface area contributed by atoms with Gasteiger partial charge in [-0.25, -0.2) is 4.98 Å². The predicted molar refractivity (Wildman–Crippen MR) is 75.4 cm³/mol. The van der Waals surface area contributed by atoms with Crippen molar-refractivity contribution in [2.24, 2.45) is 7.05 Å². The standard InChI is InChI=1S/C12H16BrN3S/c1-3-4-15-12(9-6-17-7-10(9)13)11-5-14-8-16(11)2/h5-8,12,15H,3-4H2,1-2H3. The average Bonchev–Trinajstić information content (AvgIpc) is 2.90. The van der Waals surface area contributed by atoms with Crippen LogP contribution in [0.15, 0.2) is 27.8 Å². The van der Waals surface area contributed by atoms with Crippen LogP contribution in [0.25, 0.3) is 0 Å². The largest absolute Gasteiger partial charge is 0.336 e. The van der Waals surface area contributed by atoms with Crippen LogP contribution in [0, 0.1) is 0 Å². The lowest BCUT2D eigenvalue weighted by molar-refractivity contribution is 0.569. The van der Waals surface area contributed by atoms with E-state index in [4.69, 9.17) is 0 Å². The first-order chi connectivity index (χ1) is 8.24.